The molecule has 4 nitrogen and oxygen atoms in total. The van der Waals surface area contributed by atoms with Crippen LogP contribution in [-0.2, 0) is 21.4 Å². The maximum absolute atomic E-state index is 11.7. The Kier molecular flexibility index (Phi) is 2.46. The molecule has 0 saturated carbocycles. The van der Waals surface area contributed by atoms with Gasteiger partial charge in [0.05, 0.1) is 19.1 Å². The second kappa shape index (κ2) is 4.13. The van der Waals surface area contributed by atoms with Gasteiger partial charge in [0.25, 0.3) is 0 Å². The van der Waals surface area contributed by atoms with Crippen molar-refractivity contribution in [1.29, 1.82) is 0 Å². The number of benzene rings is 1. The van der Waals surface area contributed by atoms with Crippen molar-refractivity contribution in [1.82, 2.24) is 0 Å². The van der Waals surface area contributed by atoms with Gasteiger partial charge in [-0.05, 0) is 48.1 Å². The van der Waals surface area contributed by atoms with E-state index in [-0.39, 0.29) is 16.9 Å². The third-order valence-corrected chi connectivity index (χ3v) is 4.72. The lowest BCUT2D eigenvalue weighted by atomic mass is 9.62. The molecule has 1 aromatic rings. The van der Waals surface area contributed by atoms with Gasteiger partial charge in [0.2, 0.25) is 0 Å². The van der Waals surface area contributed by atoms with Gasteiger partial charge in [-0.15, -0.1) is 0 Å². The smallest absolute Gasteiger partial charge is 0.181 e. The number of phenolic OH excluding ortho intramolecular Hbond substituents is 1. The molecule has 1 heterocycles. The Morgan fingerprint density at radius 1 is 1.43 bits per heavy atom. The molecule has 0 aromatic heterocycles. The first-order valence-corrected chi connectivity index (χ1v) is 7.11. The summed E-state index contributed by atoms with van der Waals surface area (Å²) in [4.78, 5) is 11.7. The summed E-state index contributed by atoms with van der Waals surface area (Å²) in [6, 6.07) is 3.67. The highest BCUT2D eigenvalue weighted by molar-refractivity contribution is 6.01. The predicted molar refractivity (Wildman–Crippen MR) is 76.3 cm³/mol. The van der Waals surface area contributed by atoms with Gasteiger partial charge >= 0.3 is 0 Å². The van der Waals surface area contributed by atoms with Crippen molar-refractivity contribution in [3.05, 3.63) is 47.2 Å². The van der Waals surface area contributed by atoms with Crippen LogP contribution in [0.15, 0.2) is 36.1 Å². The number of phenols is 1. The van der Waals surface area contributed by atoms with Crippen molar-refractivity contribution >= 4 is 5.78 Å². The summed E-state index contributed by atoms with van der Waals surface area (Å²) < 4.78 is 11.1. The predicted octanol–water partition coefficient (Wildman–Crippen LogP) is 2.25. The van der Waals surface area contributed by atoms with Gasteiger partial charge in [0, 0.05) is 6.08 Å². The van der Waals surface area contributed by atoms with E-state index in [4.69, 9.17) is 9.47 Å². The first-order chi connectivity index (χ1) is 10.1. The van der Waals surface area contributed by atoms with Gasteiger partial charge < -0.3 is 14.6 Å². The zero-order chi connectivity index (χ0) is 14.6. The van der Waals surface area contributed by atoms with Crippen molar-refractivity contribution < 1.29 is 19.4 Å². The highest BCUT2D eigenvalue weighted by Crippen LogP contribution is 2.52. The van der Waals surface area contributed by atoms with Crippen LogP contribution in [0, 0.1) is 5.92 Å². The molecule has 4 rings (SSSR count). The average molecular weight is 284 g/mol. The number of carbonyl (C=O) groups is 1. The van der Waals surface area contributed by atoms with Crippen molar-refractivity contribution in [2.45, 2.75) is 18.3 Å². The molecule has 4 heteroatoms. The third kappa shape index (κ3) is 1.65. The Morgan fingerprint density at radius 2 is 2.29 bits per heavy atom. The van der Waals surface area contributed by atoms with Gasteiger partial charge in [-0.3, -0.25) is 4.79 Å². The van der Waals surface area contributed by atoms with Crippen molar-refractivity contribution in [3.63, 3.8) is 0 Å². The number of rotatable bonds is 1. The van der Waals surface area contributed by atoms with E-state index in [1.165, 1.54) is 0 Å². The molecule has 1 saturated heterocycles. The lowest BCUT2D eigenvalue weighted by Crippen LogP contribution is -2.43. The van der Waals surface area contributed by atoms with E-state index in [0.717, 1.165) is 29.7 Å². The monoisotopic (exact) mass is 284 g/mol. The van der Waals surface area contributed by atoms with Crippen LogP contribution in [0.4, 0.5) is 0 Å². The van der Waals surface area contributed by atoms with Gasteiger partial charge in [-0.1, -0.05) is 6.08 Å². The summed E-state index contributed by atoms with van der Waals surface area (Å²) >= 11 is 0. The van der Waals surface area contributed by atoms with Crippen LogP contribution in [0.2, 0.25) is 0 Å². The highest BCUT2D eigenvalue weighted by atomic mass is 16.5. The summed E-state index contributed by atoms with van der Waals surface area (Å²) in [7, 11) is 1.54. The molecule has 2 atom stereocenters. The second-order valence-corrected chi connectivity index (χ2v) is 5.98. The Hall–Kier alpha value is -2.23. The molecule has 0 radical (unpaired) electrons. The molecular weight excluding hydrogens is 268 g/mol. The largest absolute Gasteiger partial charge is 0.504 e. The third-order valence-electron chi connectivity index (χ3n) is 4.72. The SMILES string of the molecule is COc1cc2c(cc1O)C[C@@H]1COC3=CC(=O)C=CC32C1. The fourth-order valence-electron chi connectivity index (χ4n) is 3.81. The van der Waals surface area contributed by atoms with E-state index in [1.807, 2.05) is 12.1 Å². The molecule has 1 N–H and O–H groups in total. The van der Waals surface area contributed by atoms with Gasteiger partial charge in [0.15, 0.2) is 17.3 Å². The number of fused-ring (bicyclic) bond motifs is 2. The summed E-state index contributed by atoms with van der Waals surface area (Å²) in [5.41, 5.74) is 1.80. The van der Waals surface area contributed by atoms with Crippen LogP contribution in [0.3, 0.4) is 0 Å². The number of allylic oxidation sites excluding steroid dienone is 3. The normalized spacial score (nSPS) is 29.1. The molecule has 1 aliphatic heterocycles. The average Bonchev–Trinajstić information content (AvgIpc) is 2.47. The number of hydrogen-bond donors (Lipinski definition) is 1. The number of methoxy groups -OCH3 is 1. The number of carbonyl (C=O) groups excluding carboxylic acids is 1. The summed E-state index contributed by atoms with van der Waals surface area (Å²) in [5.74, 6) is 1.71. The maximum Gasteiger partial charge on any atom is 0.181 e. The first-order valence-electron chi connectivity index (χ1n) is 7.11. The molecule has 2 aliphatic carbocycles. The van der Waals surface area contributed by atoms with Crippen LogP contribution in [0.1, 0.15) is 17.5 Å². The molecule has 1 fully saturated rings. The van der Waals surface area contributed by atoms with Crippen LogP contribution < -0.4 is 4.74 Å². The standard InChI is InChI=1S/C17H16O4/c1-20-15-7-13-11(5-14(15)19)4-10-8-17(13)3-2-12(18)6-16(17)21-9-10/h2-3,5-7,10,19H,4,8-9H2,1H3/t10-,17?/m0/s1. The van der Waals surface area contributed by atoms with E-state index < -0.39 is 0 Å². The highest BCUT2D eigenvalue weighted by Gasteiger charge is 2.48. The first kappa shape index (κ1) is 12.5. The van der Waals surface area contributed by atoms with E-state index in [1.54, 1.807) is 25.3 Å². The molecule has 21 heavy (non-hydrogen) atoms. The van der Waals surface area contributed by atoms with Crippen molar-refractivity contribution in [2.75, 3.05) is 13.7 Å². The minimum atomic E-state index is -0.384. The molecular formula is C17H16O4. The molecule has 1 aromatic carbocycles. The molecule has 2 bridgehead atoms. The zero-order valence-electron chi connectivity index (χ0n) is 11.8. The van der Waals surface area contributed by atoms with Crippen LogP contribution in [0.25, 0.3) is 0 Å². The minimum absolute atomic E-state index is 0.0352. The van der Waals surface area contributed by atoms with Gasteiger partial charge in [-0.2, -0.15) is 0 Å². The fourth-order valence-corrected chi connectivity index (χ4v) is 3.81. The number of hydrogen-bond acceptors (Lipinski definition) is 4. The van der Waals surface area contributed by atoms with Crippen LogP contribution >= 0.6 is 0 Å². The Morgan fingerprint density at radius 3 is 3.10 bits per heavy atom. The Labute approximate surface area is 122 Å². The lowest BCUT2D eigenvalue weighted by Gasteiger charge is -2.47. The topological polar surface area (TPSA) is 55.8 Å². The molecule has 0 amide bonds. The molecule has 3 aliphatic rings. The van der Waals surface area contributed by atoms with E-state index in [2.05, 4.69) is 0 Å². The Bertz CT molecular complexity index is 701. The molecule has 1 spiro atoms. The number of ketones is 1. The minimum Gasteiger partial charge on any atom is -0.504 e. The number of aromatic hydroxyl groups is 1. The van der Waals surface area contributed by atoms with Crippen molar-refractivity contribution in [2.24, 2.45) is 5.92 Å². The lowest BCUT2D eigenvalue weighted by molar-refractivity contribution is -0.111. The van der Waals surface area contributed by atoms with E-state index >= 15 is 0 Å². The quantitative estimate of drug-likeness (QED) is 0.859. The zero-order valence-corrected chi connectivity index (χ0v) is 11.8. The van der Waals surface area contributed by atoms with Crippen LogP contribution in [0.5, 0.6) is 11.5 Å². The van der Waals surface area contributed by atoms with E-state index in [9.17, 15) is 9.90 Å². The summed E-state index contributed by atoms with van der Waals surface area (Å²) in [6.07, 6.45) is 6.97. The van der Waals surface area contributed by atoms with Gasteiger partial charge in [-0.25, -0.2) is 0 Å². The molecule has 1 unspecified atom stereocenters. The van der Waals surface area contributed by atoms with E-state index in [0.29, 0.717) is 18.3 Å². The number of ether oxygens (including phenoxy) is 2. The van der Waals surface area contributed by atoms with Gasteiger partial charge in [0.1, 0.15) is 5.76 Å². The van der Waals surface area contributed by atoms with Crippen LogP contribution in [-0.4, -0.2) is 24.6 Å². The maximum atomic E-state index is 11.7. The Balaban J connectivity index is 1.97. The second-order valence-electron chi connectivity index (χ2n) is 5.98. The fraction of sp³-hybridized carbons (Fsp3) is 0.353. The molecule has 108 valence electrons. The summed E-state index contributed by atoms with van der Waals surface area (Å²) in [5, 5.41) is 10.0. The van der Waals surface area contributed by atoms with Crippen molar-refractivity contribution in [3.8, 4) is 11.5 Å². The summed E-state index contributed by atoms with van der Waals surface area (Å²) in [6.45, 7) is 0.626.